The average molecular weight is 270 g/mol. The van der Waals surface area contributed by atoms with Crippen LogP contribution >= 0.6 is 0 Å². The molecule has 1 aliphatic rings. The molecule has 0 spiro atoms. The van der Waals surface area contributed by atoms with Crippen LogP contribution < -0.4 is 15.0 Å². The van der Waals surface area contributed by atoms with E-state index in [0.29, 0.717) is 5.92 Å². The Morgan fingerprint density at radius 2 is 2.05 bits per heavy atom. The Labute approximate surface area is 112 Å². The minimum Gasteiger partial charge on any atom is -0.433 e. The lowest BCUT2D eigenvalue weighted by Gasteiger charge is -2.40. The van der Waals surface area contributed by atoms with Crippen LogP contribution in [0.4, 0.5) is 14.5 Å². The molecule has 5 heteroatoms. The third-order valence-electron chi connectivity index (χ3n) is 3.44. The fourth-order valence-corrected chi connectivity index (χ4v) is 2.51. The third-order valence-corrected chi connectivity index (χ3v) is 3.44. The van der Waals surface area contributed by atoms with Crippen LogP contribution in [0.1, 0.15) is 13.8 Å². The van der Waals surface area contributed by atoms with Crippen molar-refractivity contribution >= 4 is 5.69 Å². The monoisotopic (exact) mass is 270 g/mol. The van der Waals surface area contributed by atoms with E-state index in [4.69, 9.17) is 0 Å². The number of rotatable bonds is 4. The normalized spacial score (nSPS) is 20.1. The Morgan fingerprint density at radius 3 is 2.74 bits per heavy atom. The molecule has 1 aromatic rings. The first-order chi connectivity index (χ1) is 9.09. The van der Waals surface area contributed by atoms with Gasteiger partial charge < -0.3 is 15.0 Å². The maximum atomic E-state index is 12.5. The number of hydrogen-bond acceptors (Lipinski definition) is 3. The Hall–Kier alpha value is -1.36. The van der Waals surface area contributed by atoms with E-state index < -0.39 is 6.61 Å². The predicted octanol–water partition coefficient (Wildman–Crippen LogP) is 2.72. The molecule has 1 N–H and O–H groups in total. The summed E-state index contributed by atoms with van der Waals surface area (Å²) in [5.74, 6) is 0.692. The Balaban J connectivity index is 2.28. The van der Waals surface area contributed by atoms with Crippen LogP contribution in [-0.4, -0.2) is 32.3 Å². The number of hydrogen-bond donors (Lipinski definition) is 1. The summed E-state index contributed by atoms with van der Waals surface area (Å²) in [5.41, 5.74) is 0.753. The average Bonchev–Trinajstić information content (AvgIpc) is 2.38. The molecule has 2 rings (SSSR count). The van der Waals surface area contributed by atoms with E-state index in [1.807, 2.05) is 12.1 Å². The van der Waals surface area contributed by atoms with Crippen LogP contribution in [0.5, 0.6) is 5.75 Å². The van der Waals surface area contributed by atoms with Crippen LogP contribution in [-0.2, 0) is 0 Å². The summed E-state index contributed by atoms with van der Waals surface area (Å²) in [6, 6.07) is 7.30. The Bertz CT molecular complexity index is 412. The molecular weight excluding hydrogens is 250 g/mol. The van der Waals surface area contributed by atoms with Crippen LogP contribution in [0.25, 0.3) is 0 Å². The molecule has 106 valence electrons. The minimum atomic E-state index is -2.79. The second-order valence-electron chi connectivity index (χ2n) is 5.06. The summed E-state index contributed by atoms with van der Waals surface area (Å²) >= 11 is 0. The first-order valence-electron chi connectivity index (χ1n) is 6.61. The molecule has 0 amide bonds. The molecule has 1 saturated heterocycles. The van der Waals surface area contributed by atoms with E-state index in [9.17, 15) is 8.78 Å². The molecule has 0 aliphatic carbocycles. The Kier molecular flexibility index (Phi) is 4.58. The second kappa shape index (κ2) is 6.19. The first kappa shape index (κ1) is 14.1. The van der Waals surface area contributed by atoms with Crippen molar-refractivity contribution in [2.24, 2.45) is 5.92 Å². The summed E-state index contributed by atoms with van der Waals surface area (Å²) in [6.45, 7) is 4.00. The number of piperazine rings is 1. The molecule has 1 aromatic carbocycles. The third kappa shape index (κ3) is 3.35. The number of nitrogens with one attached hydrogen (secondary N) is 1. The van der Waals surface area contributed by atoms with E-state index in [1.54, 1.807) is 12.1 Å². The van der Waals surface area contributed by atoms with Gasteiger partial charge in [0.25, 0.3) is 0 Å². The first-order valence-corrected chi connectivity index (χ1v) is 6.61. The van der Waals surface area contributed by atoms with Crippen molar-refractivity contribution in [2.45, 2.75) is 26.5 Å². The molecular formula is C14H20F2N2O. The number of para-hydroxylation sites is 2. The highest BCUT2D eigenvalue weighted by atomic mass is 19.3. The largest absolute Gasteiger partial charge is 0.433 e. The molecule has 1 aliphatic heterocycles. The highest BCUT2D eigenvalue weighted by molar-refractivity contribution is 5.59. The molecule has 3 nitrogen and oxygen atoms in total. The summed E-state index contributed by atoms with van der Waals surface area (Å²) in [5, 5.41) is 3.35. The van der Waals surface area contributed by atoms with Gasteiger partial charge in [-0.3, -0.25) is 0 Å². The van der Waals surface area contributed by atoms with Gasteiger partial charge in [-0.25, -0.2) is 0 Å². The molecule has 1 fully saturated rings. The summed E-state index contributed by atoms with van der Waals surface area (Å²) in [7, 11) is 0. The van der Waals surface area contributed by atoms with Gasteiger partial charge in [0.2, 0.25) is 0 Å². The van der Waals surface area contributed by atoms with Crippen LogP contribution in [0.3, 0.4) is 0 Å². The number of anilines is 1. The molecule has 1 heterocycles. The van der Waals surface area contributed by atoms with Gasteiger partial charge in [0.15, 0.2) is 0 Å². The number of benzene rings is 1. The van der Waals surface area contributed by atoms with Crippen molar-refractivity contribution in [1.29, 1.82) is 0 Å². The number of alkyl halides is 2. The fourth-order valence-electron chi connectivity index (χ4n) is 2.51. The smallest absolute Gasteiger partial charge is 0.387 e. The molecule has 1 atom stereocenters. The van der Waals surface area contributed by atoms with Crippen molar-refractivity contribution in [2.75, 3.05) is 24.5 Å². The van der Waals surface area contributed by atoms with Crippen molar-refractivity contribution in [1.82, 2.24) is 5.32 Å². The lowest BCUT2D eigenvalue weighted by atomic mass is 9.99. The van der Waals surface area contributed by atoms with Crippen molar-refractivity contribution in [3.05, 3.63) is 24.3 Å². The molecule has 0 saturated carbocycles. The number of nitrogens with zero attached hydrogens (tertiary/aromatic N) is 1. The maximum Gasteiger partial charge on any atom is 0.387 e. The number of halogens is 2. The molecule has 0 bridgehead atoms. The topological polar surface area (TPSA) is 24.5 Å². The lowest BCUT2D eigenvalue weighted by molar-refractivity contribution is -0.0495. The van der Waals surface area contributed by atoms with Gasteiger partial charge in [0.05, 0.1) is 5.69 Å². The fraction of sp³-hybridized carbons (Fsp3) is 0.571. The van der Waals surface area contributed by atoms with E-state index in [0.717, 1.165) is 25.3 Å². The van der Waals surface area contributed by atoms with E-state index in [2.05, 4.69) is 28.8 Å². The highest BCUT2D eigenvalue weighted by Crippen LogP contribution is 2.32. The molecule has 0 aromatic heterocycles. The number of ether oxygens (including phenoxy) is 1. The van der Waals surface area contributed by atoms with E-state index >= 15 is 0 Å². The van der Waals surface area contributed by atoms with Crippen molar-refractivity contribution in [3.8, 4) is 5.75 Å². The standard InChI is InChI=1S/C14H20F2N2O/c1-10(2)12-9-17-7-8-18(12)11-5-3-4-6-13(11)19-14(15)16/h3-6,10,12,14,17H,7-9H2,1-2H3. The van der Waals surface area contributed by atoms with E-state index in [-0.39, 0.29) is 11.8 Å². The Morgan fingerprint density at radius 1 is 1.32 bits per heavy atom. The van der Waals surface area contributed by atoms with Crippen LogP contribution in [0, 0.1) is 5.92 Å². The molecule has 1 unspecified atom stereocenters. The van der Waals surface area contributed by atoms with Gasteiger partial charge in [-0.1, -0.05) is 26.0 Å². The second-order valence-corrected chi connectivity index (χ2v) is 5.06. The summed E-state index contributed by atoms with van der Waals surface area (Å²) < 4.78 is 29.6. The zero-order valence-corrected chi connectivity index (χ0v) is 11.3. The summed E-state index contributed by atoms with van der Waals surface area (Å²) in [4.78, 5) is 2.17. The van der Waals surface area contributed by atoms with Gasteiger partial charge in [-0.2, -0.15) is 8.78 Å². The molecule has 19 heavy (non-hydrogen) atoms. The zero-order valence-electron chi connectivity index (χ0n) is 11.3. The van der Waals surface area contributed by atoms with Crippen molar-refractivity contribution in [3.63, 3.8) is 0 Å². The minimum absolute atomic E-state index is 0.255. The quantitative estimate of drug-likeness (QED) is 0.910. The van der Waals surface area contributed by atoms with Crippen molar-refractivity contribution < 1.29 is 13.5 Å². The van der Waals surface area contributed by atoms with Gasteiger partial charge >= 0.3 is 6.61 Å². The lowest BCUT2D eigenvalue weighted by Crippen LogP contribution is -2.53. The van der Waals surface area contributed by atoms with Crippen LogP contribution in [0.15, 0.2) is 24.3 Å². The van der Waals surface area contributed by atoms with E-state index in [1.165, 1.54) is 0 Å². The zero-order chi connectivity index (χ0) is 13.8. The van der Waals surface area contributed by atoms with Gasteiger partial charge in [0, 0.05) is 25.7 Å². The predicted molar refractivity (Wildman–Crippen MR) is 71.9 cm³/mol. The van der Waals surface area contributed by atoms with Crippen LogP contribution in [0.2, 0.25) is 0 Å². The maximum absolute atomic E-state index is 12.5. The SMILES string of the molecule is CC(C)C1CNCCN1c1ccccc1OC(F)F. The van der Waals surface area contributed by atoms with Gasteiger partial charge in [-0.15, -0.1) is 0 Å². The summed E-state index contributed by atoms with van der Waals surface area (Å²) in [6.07, 6.45) is 0. The molecule has 0 radical (unpaired) electrons. The van der Waals surface area contributed by atoms with Gasteiger partial charge in [0.1, 0.15) is 5.75 Å². The highest BCUT2D eigenvalue weighted by Gasteiger charge is 2.27. The van der Waals surface area contributed by atoms with Gasteiger partial charge in [-0.05, 0) is 18.1 Å².